The number of rotatable bonds is 6. The summed E-state index contributed by atoms with van der Waals surface area (Å²) in [7, 11) is 0. The minimum Gasteiger partial charge on any atom is -0.394 e. The number of Topliss-reactive ketones (excluding diaryl/α,β-unsaturated/α-hetero) is 1. The molecule has 3 aromatic carbocycles. The van der Waals surface area contributed by atoms with E-state index in [-0.39, 0.29) is 31.9 Å². The molecule has 1 saturated carbocycles. The molecule has 4 nitrogen and oxygen atoms in total. The van der Waals surface area contributed by atoms with Gasteiger partial charge in [-0.1, -0.05) is 40.9 Å². The van der Waals surface area contributed by atoms with Crippen LogP contribution in [0.15, 0.2) is 42.5 Å². The fourth-order valence-corrected chi connectivity index (χ4v) is 5.25. The van der Waals surface area contributed by atoms with Crippen molar-refractivity contribution in [1.29, 1.82) is 0 Å². The molecule has 1 aliphatic carbocycles. The minimum absolute atomic E-state index is 0.0151. The molecule has 4 rings (SSSR count). The molecule has 3 aromatic rings. The average Bonchev–Trinajstić information content (AvgIpc) is 3.40. The molecule has 0 radical (unpaired) electrons. The van der Waals surface area contributed by atoms with Gasteiger partial charge in [0.2, 0.25) is 5.91 Å². The first kappa shape index (κ1) is 26.9. The maximum atomic E-state index is 14.2. The highest BCUT2D eigenvalue weighted by Crippen LogP contribution is 2.65. The lowest BCUT2D eigenvalue weighted by Crippen LogP contribution is -2.17. The predicted molar refractivity (Wildman–Crippen MR) is 136 cm³/mol. The number of benzene rings is 3. The van der Waals surface area contributed by atoms with Crippen LogP contribution in [0.4, 0.5) is 24.5 Å². The summed E-state index contributed by atoms with van der Waals surface area (Å²) in [6.45, 7) is 0. The number of anilines is 2. The normalized spacial score (nSPS) is 18.1. The average molecular weight is 597 g/mol. The molecule has 0 aromatic heterocycles. The van der Waals surface area contributed by atoms with E-state index in [0.717, 1.165) is 18.2 Å². The standard InChI is InChI=1S/C24H14Cl5F3N2O2/c25-13-3-2-11(8-12(13)17(35)7-9-1-4-15(30)22(33)21(9)32)34-23(36)19-18(24(19,28)29)10-5-14(26)20(27)16(31)6-10/h1-6,8,18-19H,7,33H2,(H,34,36). The van der Waals surface area contributed by atoms with Crippen LogP contribution in [-0.2, 0) is 11.2 Å². The van der Waals surface area contributed by atoms with Gasteiger partial charge < -0.3 is 11.1 Å². The summed E-state index contributed by atoms with van der Waals surface area (Å²) in [6, 6.07) is 8.65. The van der Waals surface area contributed by atoms with Crippen molar-refractivity contribution in [3.05, 3.63) is 91.7 Å². The van der Waals surface area contributed by atoms with Crippen molar-refractivity contribution in [2.75, 3.05) is 11.1 Å². The zero-order valence-corrected chi connectivity index (χ0v) is 21.6. The van der Waals surface area contributed by atoms with E-state index < -0.39 is 57.4 Å². The molecule has 0 saturated heterocycles. The van der Waals surface area contributed by atoms with Gasteiger partial charge in [0.05, 0.1) is 21.0 Å². The van der Waals surface area contributed by atoms with Crippen molar-refractivity contribution in [3.63, 3.8) is 0 Å². The molecule has 188 valence electrons. The summed E-state index contributed by atoms with van der Waals surface area (Å²) in [6.07, 6.45) is -0.451. The molecular formula is C24H14Cl5F3N2O2. The summed E-state index contributed by atoms with van der Waals surface area (Å²) in [5.74, 6) is -5.70. The van der Waals surface area contributed by atoms with E-state index in [0.29, 0.717) is 5.56 Å². The predicted octanol–water partition coefficient (Wildman–Crippen LogP) is 7.60. The Morgan fingerprint density at radius 2 is 1.64 bits per heavy atom. The Bertz CT molecular complexity index is 1390. The number of hydrogen-bond acceptors (Lipinski definition) is 3. The van der Waals surface area contributed by atoms with E-state index in [1.165, 1.54) is 24.3 Å². The SMILES string of the molecule is Nc1c(F)ccc(CC(=O)c2cc(NC(=O)C3C(c4cc(F)c(Cl)c(Cl)c4)C3(Cl)Cl)ccc2Cl)c1F. The highest BCUT2D eigenvalue weighted by molar-refractivity contribution is 6.53. The first-order valence-electron chi connectivity index (χ1n) is 10.2. The fraction of sp³-hybridized carbons (Fsp3) is 0.167. The van der Waals surface area contributed by atoms with Crippen LogP contribution in [0, 0.1) is 23.4 Å². The molecule has 0 aliphatic heterocycles. The number of ketones is 1. The molecule has 12 heteroatoms. The van der Waals surface area contributed by atoms with E-state index in [2.05, 4.69) is 5.32 Å². The van der Waals surface area contributed by atoms with Crippen LogP contribution in [0.25, 0.3) is 0 Å². The molecule has 2 atom stereocenters. The van der Waals surface area contributed by atoms with Gasteiger partial charge in [-0.15, -0.1) is 23.2 Å². The van der Waals surface area contributed by atoms with Crippen LogP contribution in [0.2, 0.25) is 15.1 Å². The Balaban J connectivity index is 1.53. The second-order valence-corrected chi connectivity index (χ2v) is 10.8. The van der Waals surface area contributed by atoms with Crippen LogP contribution < -0.4 is 11.1 Å². The van der Waals surface area contributed by atoms with Gasteiger partial charge in [0.15, 0.2) is 11.6 Å². The molecule has 1 amide bonds. The summed E-state index contributed by atoms with van der Waals surface area (Å²) < 4.78 is 40.1. The number of carbonyl (C=O) groups is 2. The molecule has 1 fully saturated rings. The van der Waals surface area contributed by atoms with Gasteiger partial charge in [0, 0.05) is 23.6 Å². The Hall–Kier alpha value is -2.16. The van der Waals surface area contributed by atoms with Gasteiger partial charge in [-0.05, 0) is 47.5 Å². The zero-order valence-electron chi connectivity index (χ0n) is 17.8. The quantitative estimate of drug-likeness (QED) is 0.133. The van der Waals surface area contributed by atoms with Crippen LogP contribution in [0.1, 0.15) is 27.4 Å². The molecule has 0 heterocycles. The van der Waals surface area contributed by atoms with Crippen LogP contribution in [-0.4, -0.2) is 16.0 Å². The summed E-state index contributed by atoms with van der Waals surface area (Å²) in [4.78, 5) is 25.7. The lowest BCUT2D eigenvalue weighted by molar-refractivity contribution is -0.117. The Kier molecular flexibility index (Phi) is 7.43. The number of nitrogen functional groups attached to an aromatic ring is 1. The van der Waals surface area contributed by atoms with Gasteiger partial charge in [-0.3, -0.25) is 9.59 Å². The van der Waals surface area contributed by atoms with E-state index >= 15 is 0 Å². The number of alkyl halides is 2. The minimum atomic E-state index is -1.54. The number of nitrogens with one attached hydrogen (secondary N) is 1. The van der Waals surface area contributed by atoms with Crippen LogP contribution >= 0.6 is 58.0 Å². The molecule has 0 spiro atoms. The number of amides is 1. The summed E-state index contributed by atoms with van der Waals surface area (Å²) in [5.41, 5.74) is 4.99. The van der Waals surface area contributed by atoms with Gasteiger partial charge in [0.25, 0.3) is 0 Å². The molecule has 1 aliphatic rings. The second kappa shape index (κ2) is 9.95. The van der Waals surface area contributed by atoms with E-state index in [1.54, 1.807) is 0 Å². The number of halogens is 8. The van der Waals surface area contributed by atoms with Crippen molar-refractivity contribution in [1.82, 2.24) is 0 Å². The first-order valence-corrected chi connectivity index (χ1v) is 12.1. The molecule has 3 N–H and O–H groups in total. The molecule has 36 heavy (non-hydrogen) atoms. The van der Waals surface area contributed by atoms with Crippen LogP contribution in [0.5, 0.6) is 0 Å². The number of hydrogen-bond donors (Lipinski definition) is 2. The molecular weight excluding hydrogens is 583 g/mol. The van der Waals surface area contributed by atoms with Crippen molar-refractivity contribution >= 4 is 81.1 Å². The summed E-state index contributed by atoms with van der Waals surface area (Å²) in [5, 5.41) is 2.33. The van der Waals surface area contributed by atoms with E-state index in [9.17, 15) is 22.8 Å². The van der Waals surface area contributed by atoms with Crippen molar-refractivity contribution < 1.29 is 22.8 Å². The van der Waals surface area contributed by atoms with E-state index in [4.69, 9.17) is 63.7 Å². The Morgan fingerprint density at radius 3 is 2.31 bits per heavy atom. The maximum absolute atomic E-state index is 14.2. The van der Waals surface area contributed by atoms with Gasteiger partial charge >= 0.3 is 0 Å². The molecule has 2 unspecified atom stereocenters. The lowest BCUT2D eigenvalue weighted by Gasteiger charge is -2.10. The van der Waals surface area contributed by atoms with Gasteiger partial charge in [0.1, 0.15) is 21.7 Å². The topological polar surface area (TPSA) is 72.2 Å². The summed E-state index contributed by atoms with van der Waals surface area (Å²) >= 11 is 30.4. The third-order valence-electron chi connectivity index (χ3n) is 5.79. The number of carbonyl (C=O) groups excluding carboxylic acids is 2. The maximum Gasteiger partial charge on any atom is 0.231 e. The highest BCUT2D eigenvalue weighted by atomic mass is 35.5. The van der Waals surface area contributed by atoms with Crippen LogP contribution in [0.3, 0.4) is 0 Å². The Morgan fingerprint density at radius 1 is 0.944 bits per heavy atom. The molecule has 0 bridgehead atoms. The van der Waals surface area contributed by atoms with Crippen molar-refractivity contribution in [2.24, 2.45) is 5.92 Å². The van der Waals surface area contributed by atoms with Crippen molar-refractivity contribution in [3.8, 4) is 0 Å². The van der Waals surface area contributed by atoms with Gasteiger partial charge in [-0.2, -0.15) is 0 Å². The van der Waals surface area contributed by atoms with Crippen molar-refractivity contribution in [2.45, 2.75) is 16.7 Å². The third-order valence-corrected chi connectivity index (χ3v) is 7.84. The van der Waals surface area contributed by atoms with E-state index in [1.807, 2.05) is 0 Å². The highest BCUT2D eigenvalue weighted by Gasteiger charge is 2.67. The smallest absolute Gasteiger partial charge is 0.231 e. The largest absolute Gasteiger partial charge is 0.394 e. The monoisotopic (exact) mass is 594 g/mol. The first-order chi connectivity index (χ1) is 16.8. The lowest BCUT2D eigenvalue weighted by atomic mass is 10.0. The number of nitrogens with two attached hydrogens (primary N) is 1. The second-order valence-electron chi connectivity index (χ2n) is 8.15. The Labute approximate surface area is 228 Å². The fourth-order valence-electron chi connectivity index (χ4n) is 3.88. The third kappa shape index (κ3) is 5.00. The zero-order chi connectivity index (χ0) is 26.5. The van der Waals surface area contributed by atoms with Gasteiger partial charge in [-0.25, -0.2) is 13.2 Å².